The summed E-state index contributed by atoms with van der Waals surface area (Å²) < 4.78 is 0. The summed E-state index contributed by atoms with van der Waals surface area (Å²) in [7, 11) is 0. The summed E-state index contributed by atoms with van der Waals surface area (Å²) in [6.07, 6.45) is 8.10. The summed E-state index contributed by atoms with van der Waals surface area (Å²) in [4.78, 5) is 11.9. The Bertz CT molecular complexity index is 271. The molecule has 1 aliphatic heterocycles. The summed E-state index contributed by atoms with van der Waals surface area (Å²) in [6.45, 7) is 5.70. The number of rotatable bonds is 6. The van der Waals surface area contributed by atoms with Crippen LogP contribution in [-0.4, -0.2) is 38.1 Å². The summed E-state index contributed by atoms with van der Waals surface area (Å²) in [6, 6.07) is 0.674. The Labute approximate surface area is 117 Å². The lowest BCUT2D eigenvalue weighted by molar-refractivity contribution is -0.126. The highest BCUT2D eigenvalue weighted by Crippen LogP contribution is 2.17. The van der Waals surface area contributed by atoms with E-state index in [-0.39, 0.29) is 11.8 Å². The molecule has 4 heteroatoms. The number of carbonyl (C=O) groups excluding carboxylic acids is 1. The van der Waals surface area contributed by atoms with E-state index in [1.165, 1.54) is 38.5 Å². The van der Waals surface area contributed by atoms with E-state index in [0.29, 0.717) is 12.0 Å². The fourth-order valence-electron chi connectivity index (χ4n) is 2.99. The molecule has 0 aromatic heterocycles. The number of nitrogens with one attached hydrogen (secondary N) is 3. The Morgan fingerprint density at radius 3 is 2.42 bits per heavy atom. The van der Waals surface area contributed by atoms with Crippen LogP contribution in [0.1, 0.15) is 45.4 Å². The van der Waals surface area contributed by atoms with E-state index in [1.807, 2.05) is 6.92 Å². The maximum atomic E-state index is 11.9. The Morgan fingerprint density at radius 2 is 1.84 bits per heavy atom. The second-order valence-electron chi connectivity index (χ2n) is 6.14. The van der Waals surface area contributed by atoms with Gasteiger partial charge in [-0.1, -0.05) is 32.6 Å². The van der Waals surface area contributed by atoms with E-state index in [1.54, 1.807) is 0 Å². The van der Waals surface area contributed by atoms with Gasteiger partial charge in [-0.2, -0.15) is 0 Å². The highest BCUT2D eigenvalue weighted by atomic mass is 16.1. The average molecular weight is 267 g/mol. The Balaban J connectivity index is 1.54. The summed E-state index contributed by atoms with van der Waals surface area (Å²) >= 11 is 0. The van der Waals surface area contributed by atoms with Crippen LogP contribution in [0.15, 0.2) is 0 Å². The predicted molar refractivity (Wildman–Crippen MR) is 78.0 cm³/mol. The molecule has 1 aliphatic carbocycles. The molecule has 1 saturated heterocycles. The van der Waals surface area contributed by atoms with Gasteiger partial charge in [0.1, 0.15) is 0 Å². The van der Waals surface area contributed by atoms with Gasteiger partial charge in [-0.3, -0.25) is 4.79 Å². The molecule has 4 nitrogen and oxygen atoms in total. The molecule has 2 rings (SSSR count). The first-order valence-electron chi connectivity index (χ1n) is 7.99. The highest BCUT2D eigenvalue weighted by molar-refractivity contribution is 5.78. The number of hydrogen-bond donors (Lipinski definition) is 3. The molecule has 0 radical (unpaired) electrons. The molecule has 1 unspecified atom stereocenters. The van der Waals surface area contributed by atoms with Crippen molar-refractivity contribution in [3.8, 4) is 0 Å². The van der Waals surface area contributed by atoms with Crippen molar-refractivity contribution in [2.75, 3.05) is 26.2 Å². The van der Waals surface area contributed by atoms with Crippen molar-refractivity contribution in [1.29, 1.82) is 0 Å². The molecule has 2 fully saturated rings. The standard InChI is InChI=1S/C15H29N3O/c1-12(13-10-16-11-13)15(19)18-9-8-17-14-6-4-2-3-5-7-14/h12-14,16-17H,2-11H2,1H3,(H,18,19). The minimum Gasteiger partial charge on any atom is -0.355 e. The van der Waals surface area contributed by atoms with Crippen LogP contribution in [0, 0.1) is 11.8 Å². The molecular formula is C15H29N3O. The van der Waals surface area contributed by atoms with Crippen LogP contribution in [0.3, 0.4) is 0 Å². The lowest BCUT2D eigenvalue weighted by Crippen LogP contribution is -2.50. The van der Waals surface area contributed by atoms with Crippen LogP contribution in [-0.2, 0) is 4.79 Å². The molecule has 0 spiro atoms. The second kappa shape index (κ2) is 7.85. The van der Waals surface area contributed by atoms with Gasteiger partial charge in [-0.25, -0.2) is 0 Å². The SMILES string of the molecule is CC(C(=O)NCCNC1CCCCCC1)C1CNC1. The normalized spacial score (nSPS) is 23.4. The van der Waals surface area contributed by atoms with E-state index in [0.717, 1.165) is 26.2 Å². The van der Waals surface area contributed by atoms with Crippen molar-refractivity contribution >= 4 is 5.91 Å². The Kier molecular flexibility index (Phi) is 6.11. The van der Waals surface area contributed by atoms with Gasteiger partial charge < -0.3 is 16.0 Å². The third kappa shape index (κ3) is 4.77. The minimum atomic E-state index is 0.152. The minimum absolute atomic E-state index is 0.152. The largest absolute Gasteiger partial charge is 0.355 e. The molecule has 0 bridgehead atoms. The van der Waals surface area contributed by atoms with Crippen LogP contribution >= 0.6 is 0 Å². The molecule has 2 aliphatic rings. The van der Waals surface area contributed by atoms with Crippen LogP contribution < -0.4 is 16.0 Å². The zero-order valence-corrected chi connectivity index (χ0v) is 12.2. The van der Waals surface area contributed by atoms with E-state index >= 15 is 0 Å². The van der Waals surface area contributed by atoms with E-state index in [9.17, 15) is 4.79 Å². The van der Waals surface area contributed by atoms with Crippen LogP contribution in [0.5, 0.6) is 0 Å². The molecule has 1 heterocycles. The van der Waals surface area contributed by atoms with Crippen molar-refractivity contribution in [1.82, 2.24) is 16.0 Å². The topological polar surface area (TPSA) is 53.2 Å². The van der Waals surface area contributed by atoms with Gasteiger partial charge >= 0.3 is 0 Å². The molecule has 1 saturated carbocycles. The van der Waals surface area contributed by atoms with Crippen molar-refractivity contribution in [2.24, 2.45) is 11.8 Å². The van der Waals surface area contributed by atoms with Gasteiger partial charge in [0.2, 0.25) is 5.91 Å². The first-order chi connectivity index (χ1) is 9.27. The Hall–Kier alpha value is -0.610. The van der Waals surface area contributed by atoms with E-state index < -0.39 is 0 Å². The lowest BCUT2D eigenvalue weighted by atomic mass is 9.88. The fourth-order valence-corrected chi connectivity index (χ4v) is 2.99. The number of carbonyl (C=O) groups is 1. The van der Waals surface area contributed by atoms with Crippen molar-refractivity contribution in [3.05, 3.63) is 0 Å². The maximum Gasteiger partial charge on any atom is 0.223 e. The monoisotopic (exact) mass is 267 g/mol. The molecule has 0 aromatic rings. The highest BCUT2D eigenvalue weighted by Gasteiger charge is 2.28. The first-order valence-corrected chi connectivity index (χ1v) is 7.99. The fraction of sp³-hybridized carbons (Fsp3) is 0.933. The summed E-state index contributed by atoms with van der Waals surface area (Å²) in [5, 5.41) is 9.86. The van der Waals surface area contributed by atoms with Crippen molar-refractivity contribution < 1.29 is 4.79 Å². The third-order valence-corrected chi connectivity index (χ3v) is 4.65. The maximum absolute atomic E-state index is 11.9. The predicted octanol–water partition coefficient (Wildman–Crippen LogP) is 1.27. The molecule has 19 heavy (non-hydrogen) atoms. The molecule has 3 N–H and O–H groups in total. The Morgan fingerprint density at radius 1 is 1.16 bits per heavy atom. The molecule has 1 atom stereocenters. The lowest BCUT2D eigenvalue weighted by Gasteiger charge is -2.31. The summed E-state index contributed by atoms with van der Waals surface area (Å²) in [5.74, 6) is 0.906. The quantitative estimate of drug-likeness (QED) is 0.502. The number of hydrogen-bond acceptors (Lipinski definition) is 3. The van der Waals surface area contributed by atoms with E-state index in [4.69, 9.17) is 0 Å². The second-order valence-corrected chi connectivity index (χ2v) is 6.14. The molecule has 1 amide bonds. The van der Waals surface area contributed by atoms with Gasteiger partial charge in [0.25, 0.3) is 0 Å². The smallest absolute Gasteiger partial charge is 0.223 e. The van der Waals surface area contributed by atoms with E-state index in [2.05, 4.69) is 16.0 Å². The van der Waals surface area contributed by atoms with Gasteiger partial charge in [0, 0.05) is 25.0 Å². The first kappa shape index (κ1) is 14.8. The zero-order chi connectivity index (χ0) is 13.5. The van der Waals surface area contributed by atoms with Crippen molar-refractivity contribution in [2.45, 2.75) is 51.5 Å². The molecule has 110 valence electrons. The van der Waals surface area contributed by atoms with Crippen LogP contribution in [0.4, 0.5) is 0 Å². The van der Waals surface area contributed by atoms with Gasteiger partial charge in [-0.05, 0) is 31.8 Å². The van der Waals surface area contributed by atoms with Gasteiger partial charge in [0.05, 0.1) is 0 Å². The summed E-state index contributed by atoms with van der Waals surface area (Å²) in [5.41, 5.74) is 0. The molecular weight excluding hydrogens is 238 g/mol. The molecule has 0 aromatic carbocycles. The van der Waals surface area contributed by atoms with Gasteiger partial charge in [0.15, 0.2) is 0 Å². The van der Waals surface area contributed by atoms with Crippen LogP contribution in [0.2, 0.25) is 0 Å². The van der Waals surface area contributed by atoms with Crippen LogP contribution in [0.25, 0.3) is 0 Å². The van der Waals surface area contributed by atoms with Crippen molar-refractivity contribution in [3.63, 3.8) is 0 Å². The zero-order valence-electron chi connectivity index (χ0n) is 12.2. The average Bonchev–Trinajstić information content (AvgIpc) is 2.60. The number of amides is 1. The third-order valence-electron chi connectivity index (χ3n) is 4.65. The van der Waals surface area contributed by atoms with Gasteiger partial charge in [-0.15, -0.1) is 0 Å².